The van der Waals surface area contributed by atoms with Gasteiger partial charge in [0.05, 0.1) is 11.4 Å². The fourth-order valence-electron chi connectivity index (χ4n) is 5.87. The molecule has 11 heteroatoms. The van der Waals surface area contributed by atoms with Crippen LogP contribution < -0.4 is 37.4 Å². The van der Waals surface area contributed by atoms with Crippen molar-refractivity contribution in [1.82, 2.24) is 20.0 Å². The van der Waals surface area contributed by atoms with Crippen molar-refractivity contribution in [3.8, 4) is 0 Å². The van der Waals surface area contributed by atoms with Gasteiger partial charge in [-0.25, -0.2) is 9.97 Å². The Morgan fingerprint density at radius 1 is 0.896 bits per heavy atom. The molecule has 0 fully saturated rings. The number of fused-ring (bicyclic) bond motifs is 3. The highest BCUT2D eigenvalue weighted by Crippen LogP contribution is 2.28. The summed E-state index contributed by atoms with van der Waals surface area (Å²) in [5.74, 6) is 1.39. The first-order valence-corrected chi connectivity index (χ1v) is 17.1. The highest BCUT2D eigenvalue weighted by Gasteiger charge is 2.21. The molecule has 0 bridgehead atoms. The Labute approximate surface area is 280 Å². The number of hydrogen-bond donors (Lipinski definition) is 4. The number of aromatic nitrogens is 3. The van der Waals surface area contributed by atoms with E-state index in [4.69, 9.17) is 15.6 Å². The third-order valence-electron chi connectivity index (χ3n) is 8.55. The van der Waals surface area contributed by atoms with Gasteiger partial charge in [0.25, 0.3) is 10.9 Å². The van der Waals surface area contributed by atoms with E-state index in [0.29, 0.717) is 62.0 Å². The Bertz CT molecular complexity index is 1920. The lowest BCUT2D eigenvalue weighted by Crippen LogP contribution is -2.39. The number of carbonyl (C=O) groups is 1. The molecule has 1 amide bonds. The summed E-state index contributed by atoms with van der Waals surface area (Å²) in [7, 11) is 0. The molecule has 254 valence electrons. The average molecular weight is 654 g/mol. The lowest BCUT2D eigenvalue weighted by atomic mass is 9.96. The molecule has 0 aliphatic heterocycles. The van der Waals surface area contributed by atoms with E-state index >= 15 is 0 Å². The van der Waals surface area contributed by atoms with Crippen LogP contribution in [0, 0.1) is 5.92 Å². The predicted molar refractivity (Wildman–Crippen MR) is 193 cm³/mol. The van der Waals surface area contributed by atoms with E-state index in [9.17, 15) is 14.4 Å². The van der Waals surface area contributed by atoms with Gasteiger partial charge in [-0.15, -0.1) is 0 Å². The van der Waals surface area contributed by atoms with Crippen molar-refractivity contribution in [2.75, 3.05) is 42.6 Å². The number of rotatable bonds is 18. The zero-order valence-corrected chi connectivity index (χ0v) is 28.4. The van der Waals surface area contributed by atoms with Gasteiger partial charge < -0.3 is 26.5 Å². The molecule has 5 rings (SSSR count). The van der Waals surface area contributed by atoms with Crippen molar-refractivity contribution in [1.29, 1.82) is 0 Å². The topological polar surface area (TPSA) is 153 Å². The van der Waals surface area contributed by atoms with E-state index in [1.807, 2.05) is 43.3 Å². The molecule has 2 heterocycles. The van der Waals surface area contributed by atoms with Gasteiger partial charge in [0.2, 0.25) is 5.91 Å². The highest BCUT2D eigenvalue weighted by atomic mass is 16.7. The predicted octanol–water partition coefficient (Wildman–Crippen LogP) is 4.96. The van der Waals surface area contributed by atoms with Crippen molar-refractivity contribution >= 4 is 45.0 Å². The molecular formula is C37H47N7O4. The van der Waals surface area contributed by atoms with Crippen LogP contribution in [0.4, 0.5) is 17.2 Å². The normalized spacial score (nSPS) is 12.2. The Kier molecular flexibility index (Phi) is 11.3. The minimum absolute atomic E-state index is 0.0894. The van der Waals surface area contributed by atoms with Gasteiger partial charge in [-0.3, -0.25) is 14.4 Å². The molecule has 1 atom stereocenters. The van der Waals surface area contributed by atoms with Gasteiger partial charge in [0, 0.05) is 31.4 Å². The zero-order chi connectivity index (χ0) is 34.2. The number of nitrogens with zero attached hydrogens (tertiary/aromatic N) is 3. The highest BCUT2D eigenvalue weighted by molar-refractivity contribution is 6.06. The van der Waals surface area contributed by atoms with E-state index in [2.05, 4.69) is 53.8 Å². The first kappa shape index (κ1) is 34.4. The number of amides is 1. The van der Waals surface area contributed by atoms with Crippen molar-refractivity contribution in [2.45, 2.75) is 72.1 Å². The Morgan fingerprint density at radius 3 is 2.31 bits per heavy atom. The summed E-state index contributed by atoms with van der Waals surface area (Å²) in [6.45, 7) is 9.96. The SMILES string of the molecule is CCCCc1nc2c(N)nc3ccccc3c2n1OCCCCNc1c(NCCNC(=O)[C@@H](C)c2ccc(CC(C)C)cc2)c(=O)c1=O. The van der Waals surface area contributed by atoms with Crippen LogP contribution in [0.3, 0.4) is 0 Å². The molecule has 0 aliphatic rings. The van der Waals surface area contributed by atoms with Gasteiger partial charge in [-0.1, -0.05) is 69.7 Å². The van der Waals surface area contributed by atoms with Crippen LogP contribution in [0.2, 0.25) is 0 Å². The largest absolute Gasteiger partial charge is 0.412 e. The van der Waals surface area contributed by atoms with Crippen molar-refractivity contribution in [3.63, 3.8) is 0 Å². The van der Waals surface area contributed by atoms with Crippen LogP contribution in [0.25, 0.3) is 21.9 Å². The van der Waals surface area contributed by atoms with E-state index in [-0.39, 0.29) is 17.5 Å². The number of hydrogen-bond acceptors (Lipinski definition) is 9. The molecule has 5 aromatic rings. The maximum absolute atomic E-state index is 12.7. The fourth-order valence-corrected chi connectivity index (χ4v) is 5.87. The molecule has 48 heavy (non-hydrogen) atoms. The molecule has 0 saturated carbocycles. The molecule has 0 saturated heterocycles. The maximum atomic E-state index is 12.7. The number of anilines is 3. The summed E-state index contributed by atoms with van der Waals surface area (Å²) in [5.41, 5.74) is 10.2. The van der Waals surface area contributed by atoms with Crippen LogP contribution in [0.15, 0.2) is 58.1 Å². The first-order chi connectivity index (χ1) is 23.2. The van der Waals surface area contributed by atoms with E-state index < -0.39 is 10.9 Å². The second-order valence-corrected chi connectivity index (χ2v) is 12.8. The summed E-state index contributed by atoms with van der Waals surface area (Å²) in [5, 5.41) is 9.98. The number of nitrogens with one attached hydrogen (secondary N) is 3. The Morgan fingerprint density at radius 2 is 1.60 bits per heavy atom. The molecule has 3 aromatic carbocycles. The summed E-state index contributed by atoms with van der Waals surface area (Å²) in [6, 6.07) is 16.0. The van der Waals surface area contributed by atoms with Crippen molar-refractivity contribution in [3.05, 3.63) is 85.9 Å². The molecule has 11 nitrogen and oxygen atoms in total. The van der Waals surface area contributed by atoms with E-state index in [1.54, 1.807) is 4.73 Å². The minimum atomic E-state index is -0.547. The van der Waals surface area contributed by atoms with E-state index in [0.717, 1.165) is 53.5 Å². The lowest BCUT2D eigenvalue weighted by Gasteiger charge is -2.16. The number of para-hydroxylation sites is 1. The second-order valence-electron chi connectivity index (χ2n) is 12.8. The summed E-state index contributed by atoms with van der Waals surface area (Å²) in [6.07, 6.45) is 5.19. The second kappa shape index (κ2) is 15.8. The van der Waals surface area contributed by atoms with Gasteiger partial charge in [0.1, 0.15) is 34.8 Å². The number of benzene rings is 2. The smallest absolute Gasteiger partial charge is 0.253 e. The number of imidazole rings is 1. The zero-order valence-electron chi connectivity index (χ0n) is 28.4. The Balaban J connectivity index is 1.08. The number of pyridine rings is 1. The van der Waals surface area contributed by atoms with Crippen molar-refractivity contribution < 1.29 is 9.63 Å². The lowest BCUT2D eigenvalue weighted by molar-refractivity contribution is -0.122. The molecule has 0 radical (unpaired) electrons. The standard InChI is InChI=1S/C37H47N7O4/c1-5-6-13-29-43-32-33(27-11-7-8-12-28(27)42-36(32)38)44(29)48-21-10-9-18-39-30-31(35(46)34(30)45)40-19-20-41-37(47)24(4)26-16-14-25(15-17-26)22-23(2)3/h7-8,11-12,14-17,23-24,39-40H,5-6,9-10,13,18-22H2,1-4H3,(H2,38,42)(H,41,47)/t24-/m0/s1. The molecule has 2 aromatic heterocycles. The molecular weight excluding hydrogens is 606 g/mol. The van der Waals surface area contributed by atoms with Crippen LogP contribution in [0.1, 0.15) is 76.2 Å². The number of aryl methyl sites for hydroxylation is 1. The monoisotopic (exact) mass is 653 g/mol. The summed E-state index contributed by atoms with van der Waals surface area (Å²) < 4.78 is 1.81. The summed E-state index contributed by atoms with van der Waals surface area (Å²) >= 11 is 0. The number of nitrogen functional groups attached to an aromatic ring is 1. The number of nitrogens with two attached hydrogens (primary N) is 1. The molecule has 5 N–H and O–H groups in total. The molecule has 0 spiro atoms. The van der Waals surface area contributed by atoms with Crippen LogP contribution in [0.5, 0.6) is 0 Å². The summed E-state index contributed by atoms with van der Waals surface area (Å²) in [4.78, 5) is 52.8. The maximum Gasteiger partial charge on any atom is 0.253 e. The first-order valence-electron chi connectivity index (χ1n) is 17.1. The third kappa shape index (κ3) is 7.78. The Hall–Kier alpha value is -4.93. The van der Waals surface area contributed by atoms with Gasteiger partial charge >= 0.3 is 0 Å². The number of unbranched alkanes of at least 4 members (excludes halogenated alkanes) is 2. The number of carbonyl (C=O) groups excluding carboxylic acids is 1. The van der Waals surface area contributed by atoms with Gasteiger partial charge in [-0.2, -0.15) is 4.73 Å². The van der Waals surface area contributed by atoms with Gasteiger partial charge in [-0.05, 0) is 55.7 Å². The van der Waals surface area contributed by atoms with Crippen LogP contribution in [-0.2, 0) is 17.6 Å². The molecule has 0 unspecified atom stereocenters. The molecule has 0 aliphatic carbocycles. The van der Waals surface area contributed by atoms with Crippen molar-refractivity contribution in [2.24, 2.45) is 5.92 Å². The van der Waals surface area contributed by atoms with Crippen LogP contribution >= 0.6 is 0 Å². The van der Waals surface area contributed by atoms with Gasteiger partial charge in [0.15, 0.2) is 5.82 Å². The third-order valence-corrected chi connectivity index (χ3v) is 8.55. The minimum Gasteiger partial charge on any atom is -0.412 e. The van der Waals surface area contributed by atoms with E-state index in [1.165, 1.54) is 5.56 Å². The fraction of sp³-hybridized carbons (Fsp3) is 0.432. The average Bonchev–Trinajstić information content (AvgIpc) is 3.45. The van der Waals surface area contributed by atoms with Crippen LogP contribution in [-0.4, -0.2) is 46.8 Å². The quantitative estimate of drug-likeness (QED) is 0.0760.